The Bertz CT molecular complexity index is 986. The molecule has 31 heavy (non-hydrogen) atoms. The minimum absolute atomic E-state index is 0.202. The van der Waals surface area contributed by atoms with Crippen molar-refractivity contribution in [1.29, 1.82) is 5.26 Å². The minimum atomic E-state index is -0.202. The lowest BCUT2D eigenvalue weighted by molar-refractivity contribution is -0.00108. The van der Waals surface area contributed by atoms with Gasteiger partial charge in [0.15, 0.2) is 0 Å². The number of aromatic amines is 1. The summed E-state index contributed by atoms with van der Waals surface area (Å²) in [6.07, 6.45) is 9.77. The molecule has 0 radical (unpaired) electrons. The fourth-order valence-corrected chi connectivity index (χ4v) is 4.49. The number of aromatic nitrogens is 5. The Hall–Kier alpha value is -2.76. The van der Waals surface area contributed by atoms with Crippen LogP contribution in [0.2, 0.25) is 0 Å². The molecule has 8 heteroatoms. The molecule has 4 heterocycles. The molecule has 1 aliphatic heterocycles. The molecule has 8 nitrogen and oxygen atoms in total. The van der Waals surface area contributed by atoms with Crippen molar-refractivity contribution in [2.45, 2.75) is 58.5 Å². The smallest absolute Gasteiger partial charge is 0.141 e. The monoisotopic (exact) mass is 422 g/mol. The lowest BCUT2D eigenvalue weighted by atomic mass is 9.70. The van der Waals surface area contributed by atoms with E-state index in [4.69, 9.17) is 0 Å². The van der Waals surface area contributed by atoms with Gasteiger partial charge < -0.3 is 10.3 Å². The molecule has 1 aliphatic carbocycles. The van der Waals surface area contributed by atoms with E-state index in [1.807, 2.05) is 57.0 Å². The van der Waals surface area contributed by atoms with Crippen LogP contribution in [0.5, 0.6) is 0 Å². The van der Waals surface area contributed by atoms with Gasteiger partial charge in [0.25, 0.3) is 0 Å². The summed E-state index contributed by atoms with van der Waals surface area (Å²) in [5.74, 6) is 0. The van der Waals surface area contributed by atoms with E-state index in [9.17, 15) is 5.26 Å². The van der Waals surface area contributed by atoms with Gasteiger partial charge in [-0.15, -0.1) is 0 Å². The van der Waals surface area contributed by atoms with Crippen LogP contribution in [0.1, 0.15) is 47.0 Å². The molecule has 166 valence electrons. The Morgan fingerprint density at radius 2 is 1.90 bits per heavy atom. The number of H-pyrrole nitrogens is 1. The summed E-state index contributed by atoms with van der Waals surface area (Å²) in [5, 5.41) is 18.5. The normalized spacial score (nSPS) is 23.0. The van der Waals surface area contributed by atoms with Crippen molar-refractivity contribution in [1.82, 2.24) is 34.9 Å². The molecule has 3 aromatic heterocycles. The fourth-order valence-electron chi connectivity index (χ4n) is 4.49. The van der Waals surface area contributed by atoms with Crippen molar-refractivity contribution in [2.24, 2.45) is 0 Å². The van der Waals surface area contributed by atoms with E-state index in [0.29, 0.717) is 12.5 Å². The zero-order valence-electron chi connectivity index (χ0n) is 19.1. The lowest BCUT2D eigenvalue weighted by Gasteiger charge is -2.51. The number of nitriles is 1. The first-order chi connectivity index (χ1) is 15.3. The van der Waals surface area contributed by atoms with E-state index in [1.165, 1.54) is 0 Å². The highest BCUT2D eigenvalue weighted by atomic mass is 15.3. The van der Waals surface area contributed by atoms with Crippen molar-refractivity contribution >= 4 is 11.0 Å². The largest absolute Gasteiger partial charge is 0.346 e. The molecule has 1 saturated carbocycles. The molecule has 1 saturated heterocycles. The van der Waals surface area contributed by atoms with E-state index in [2.05, 4.69) is 36.3 Å². The van der Waals surface area contributed by atoms with Crippen molar-refractivity contribution in [2.75, 3.05) is 26.2 Å². The van der Waals surface area contributed by atoms with Crippen LogP contribution in [0.4, 0.5) is 0 Å². The van der Waals surface area contributed by atoms with Gasteiger partial charge >= 0.3 is 0 Å². The zero-order valence-corrected chi connectivity index (χ0v) is 19.1. The van der Waals surface area contributed by atoms with Crippen LogP contribution < -0.4 is 5.32 Å². The molecule has 2 fully saturated rings. The van der Waals surface area contributed by atoms with Gasteiger partial charge in [0.1, 0.15) is 12.0 Å². The summed E-state index contributed by atoms with van der Waals surface area (Å²) in [6, 6.07) is 4.91. The number of rotatable bonds is 4. The minimum Gasteiger partial charge on any atom is -0.346 e. The van der Waals surface area contributed by atoms with Crippen molar-refractivity contribution in [3.63, 3.8) is 0 Å². The predicted molar refractivity (Wildman–Crippen MR) is 123 cm³/mol. The number of nitrogens with one attached hydrogen (secondary N) is 2. The summed E-state index contributed by atoms with van der Waals surface area (Å²) >= 11 is 0. The zero-order chi connectivity index (χ0) is 22.3. The van der Waals surface area contributed by atoms with Gasteiger partial charge in [-0.2, -0.15) is 10.4 Å². The predicted octanol–water partition coefficient (Wildman–Crippen LogP) is 3.55. The second-order valence-corrected chi connectivity index (χ2v) is 7.54. The molecule has 0 atom stereocenters. The van der Waals surface area contributed by atoms with E-state index in [0.717, 1.165) is 61.3 Å². The highest BCUT2D eigenvalue weighted by Crippen LogP contribution is 2.45. The number of fused-ring (bicyclic) bond motifs is 1. The van der Waals surface area contributed by atoms with Crippen LogP contribution in [0, 0.1) is 11.3 Å². The molecule has 2 aliphatic rings. The summed E-state index contributed by atoms with van der Waals surface area (Å²) in [4.78, 5) is 14.4. The standard InChI is InChI=1S/C19H22N8.2C2H6/c20-3-2-19(9-15(10-19)26-7-5-21-6-8-26)27-12-14(11-25-27)17-16-1-4-22-18(16)24-13-23-17;2*1-2/h1,4,11-13,15,21H,2,5-10H2,(H,22,23,24);2*1-2H3. The second kappa shape index (κ2) is 10.5. The van der Waals surface area contributed by atoms with E-state index >= 15 is 0 Å². The van der Waals surface area contributed by atoms with Gasteiger partial charge in [-0.1, -0.05) is 27.7 Å². The third-order valence-corrected chi connectivity index (χ3v) is 6.00. The topological polar surface area (TPSA) is 98.4 Å². The SMILES string of the molecule is CC.CC.N#CCC1(n2cc(-c3ncnc4[nH]ccc34)cn2)CC(N2CCNCC2)C1. The highest BCUT2D eigenvalue weighted by Gasteiger charge is 2.48. The van der Waals surface area contributed by atoms with Crippen LogP contribution in [-0.4, -0.2) is 61.9 Å². The Labute approximate surface area is 184 Å². The first kappa shape index (κ1) is 22.9. The summed E-state index contributed by atoms with van der Waals surface area (Å²) in [5.41, 5.74) is 2.46. The summed E-state index contributed by atoms with van der Waals surface area (Å²) in [6.45, 7) is 12.3. The molecule has 0 aromatic carbocycles. The Morgan fingerprint density at radius 3 is 2.61 bits per heavy atom. The van der Waals surface area contributed by atoms with Crippen molar-refractivity contribution < 1.29 is 0 Å². The van der Waals surface area contributed by atoms with Gasteiger partial charge in [-0.25, -0.2) is 9.97 Å². The maximum absolute atomic E-state index is 9.42. The van der Waals surface area contributed by atoms with Gasteiger partial charge in [0, 0.05) is 55.6 Å². The maximum atomic E-state index is 9.42. The molecule has 5 rings (SSSR count). The molecule has 0 amide bonds. The molecular formula is C23H34N8. The van der Waals surface area contributed by atoms with Crippen LogP contribution >= 0.6 is 0 Å². The molecular weight excluding hydrogens is 388 g/mol. The Morgan fingerprint density at radius 1 is 1.16 bits per heavy atom. The number of nitrogens with zero attached hydrogens (tertiary/aromatic N) is 6. The van der Waals surface area contributed by atoms with Gasteiger partial charge in [0.2, 0.25) is 0 Å². The molecule has 0 bridgehead atoms. The molecule has 3 aromatic rings. The first-order valence-electron chi connectivity index (χ1n) is 11.4. The van der Waals surface area contributed by atoms with E-state index in [-0.39, 0.29) is 5.54 Å². The van der Waals surface area contributed by atoms with Crippen LogP contribution in [0.3, 0.4) is 0 Å². The number of hydrogen-bond acceptors (Lipinski definition) is 6. The van der Waals surface area contributed by atoms with Gasteiger partial charge in [0.05, 0.1) is 29.9 Å². The first-order valence-corrected chi connectivity index (χ1v) is 11.4. The van der Waals surface area contributed by atoms with E-state index in [1.54, 1.807) is 6.33 Å². The third kappa shape index (κ3) is 4.48. The maximum Gasteiger partial charge on any atom is 0.141 e. The van der Waals surface area contributed by atoms with Crippen LogP contribution in [0.25, 0.3) is 22.3 Å². The third-order valence-electron chi connectivity index (χ3n) is 6.00. The summed E-state index contributed by atoms with van der Waals surface area (Å²) < 4.78 is 2.00. The average molecular weight is 423 g/mol. The van der Waals surface area contributed by atoms with Gasteiger partial charge in [-0.3, -0.25) is 9.58 Å². The lowest BCUT2D eigenvalue weighted by Crippen LogP contribution is -2.59. The van der Waals surface area contributed by atoms with Crippen LogP contribution in [0.15, 0.2) is 31.0 Å². The number of hydrogen-bond donors (Lipinski definition) is 2. The number of piperazine rings is 1. The molecule has 0 unspecified atom stereocenters. The highest BCUT2D eigenvalue weighted by molar-refractivity contribution is 5.89. The van der Waals surface area contributed by atoms with Crippen molar-refractivity contribution in [3.8, 4) is 17.3 Å². The Balaban J connectivity index is 0.000000645. The Kier molecular flexibility index (Phi) is 7.77. The van der Waals surface area contributed by atoms with Crippen LogP contribution in [-0.2, 0) is 5.54 Å². The second-order valence-electron chi connectivity index (χ2n) is 7.54. The van der Waals surface area contributed by atoms with Crippen molar-refractivity contribution in [3.05, 3.63) is 31.0 Å². The van der Waals surface area contributed by atoms with E-state index < -0.39 is 0 Å². The average Bonchev–Trinajstić information content (AvgIpc) is 3.49. The molecule has 0 spiro atoms. The fraction of sp³-hybridized carbons (Fsp3) is 0.565. The van der Waals surface area contributed by atoms with Gasteiger partial charge in [-0.05, 0) is 18.9 Å². The summed E-state index contributed by atoms with van der Waals surface area (Å²) in [7, 11) is 0. The quantitative estimate of drug-likeness (QED) is 0.667. The molecule has 2 N–H and O–H groups in total.